The van der Waals surface area contributed by atoms with E-state index in [2.05, 4.69) is 0 Å². The number of aliphatic hydroxyl groups is 7. The van der Waals surface area contributed by atoms with Crippen LogP contribution in [0.15, 0.2) is 0 Å². The lowest BCUT2D eigenvalue weighted by molar-refractivity contribution is -0.217. The smallest absolute Gasteiger partial charge is 0.183 e. The monoisotopic (exact) mass is 325 g/mol. The molecule has 0 amide bonds. The van der Waals surface area contributed by atoms with E-state index >= 15 is 0 Å². The number of hydrogen-bond acceptors (Lipinski definition) is 10. The van der Waals surface area contributed by atoms with Crippen LogP contribution in [-0.4, -0.2) is 103 Å². The molecule has 0 aromatic rings. The summed E-state index contributed by atoms with van der Waals surface area (Å²) in [6.45, 7) is 0.510. The molecule has 0 radical (unpaired) electrons. The Labute approximate surface area is 126 Å². The first-order valence-electron chi connectivity index (χ1n) is 6.77. The number of carbonyl (C=O) groups is 1. The first-order chi connectivity index (χ1) is 10.1. The topological polar surface area (TPSA) is 194 Å². The average molecular weight is 325 g/mol. The van der Waals surface area contributed by atoms with Gasteiger partial charge in [-0.05, 0) is 6.92 Å². The van der Waals surface area contributed by atoms with Gasteiger partial charge in [0.05, 0.1) is 18.8 Å². The molecule has 0 aromatic carbocycles. The van der Waals surface area contributed by atoms with Gasteiger partial charge in [-0.25, -0.2) is 0 Å². The normalized spacial score (nSPS) is 38.1. The van der Waals surface area contributed by atoms with Crippen LogP contribution in [0.4, 0.5) is 0 Å². The fourth-order valence-electron chi connectivity index (χ4n) is 2.19. The van der Waals surface area contributed by atoms with Crippen molar-refractivity contribution in [3.63, 3.8) is 0 Å². The van der Waals surface area contributed by atoms with Crippen LogP contribution in [-0.2, 0) is 9.53 Å². The molecule has 9 atom stereocenters. The maximum atomic E-state index is 12.1. The van der Waals surface area contributed by atoms with E-state index in [1.807, 2.05) is 0 Å². The van der Waals surface area contributed by atoms with Crippen molar-refractivity contribution in [1.82, 2.24) is 0 Å². The molecule has 9 N–H and O–H groups in total. The van der Waals surface area contributed by atoms with Gasteiger partial charge in [-0.1, -0.05) is 0 Å². The highest BCUT2D eigenvalue weighted by Gasteiger charge is 2.47. The van der Waals surface area contributed by atoms with Crippen molar-refractivity contribution in [3.05, 3.63) is 0 Å². The fraction of sp³-hybridized carbons (Fsp3) is 0.917. The quantitative estimate of drug-likeness (QED) is 0.234. The van der Waals surface area contributed by atoms with Gasteiger partial charge < -0.3 is 46.2 Å². The number of nitrogens with two attached hydrogens (primary N) is 1. The summed E-state index contributed by atoms with van der Waals surface area (Å²) >= 11 is 0. The molecule has 10 nitrogen and oxygen atoms in total. The van der Waals surface area contributed by atoms with Crippen molar-refractivity contribution < 1.29 is 45.3 Å². The Hall–Kier alpha value is -0.690. The van der Waals surface area contributed by atoms with Crippen LogP contribution in [0.3, 0.4) is 0 Å². The Kier molecular flexibility index (Phi) is 6.80. The van der Waals surface area contributed by atoms with E-state index < -0.39 is 67.3 Å². The molecule has 0 aliphatic carbocycles. The van der Waals surface area contributed by atoms with Crippen molar-refractivity contribution >= 4 is 5.78 Å². The van der Waals surface area contributed by atoms with E-state index in [4.69, 9.17) is 15.6 Å². The Morgan fingerprint density at radius 1 is 1.09 bits per heavy atom. The molecule has 130 valence electrons. The molecule has 1 aliphatic rings. The van der Waals surface area contributed by atoms with Gasteiger partial charge in [-0.3, -0.25) is 4.79 Å². The first kappa shape index (κ1) is 19.4. The number of ether oxygens (including phenoxy) is 1. The van der Waals surface area contributed by atoms with Gasteiger partial charge >= 0.3 is 0 Å². The van der Waals surface area contributed by atoms with Crippen molar-refractivity contribution in [3.8, 4) is 0 Å². The molecule has 1 aliphatic heterocycles. The van der Waals surface area contributed by atoms with Crippen molar-refractivity contribution in [1.29, 1.82) is 0 Å². The van der Waals surface area contributed by atoms with Gasteiger partial charge in [0.2, 0.25) is 0 Å². The molecule has 1 unspecified atom stereocenters. The lowest BCUT2D eigenvalue weighted by Crippen LogP contribution is -2.63. The van der Waals surface area contributed by atoms with Gasteiger partial charge in [-0.15, -0.1) is 0 Å². The average Bonchev–Trinajstić information content (AvgIpc) is 2.52. The summed E-state index contributed by atoms with van der Waals surface area (Å²) in [5.74, 6) is -1.03. The third-order valence-electron chi connectivity index (χ3n) is 3.76. The Bertz CT molecular complexity index is 382. The van der Waals surface area contributed by atoms with E-state index in [-0.39, 0.29) is 0 Å². The number of rotatable bonds is 6. The molecule has 1 rings (SSSR count). The molecule has 22 heavy (non-hydrogen) atoms. The summed E-state index contributed by atoms with van der Waals surface area (Å²) in [6, 6.07) is -1.74. The van der Waals surface area contributed by atoms with Gasteiger partial charge in [0.25, 0.3) is 0 Å². The second-order valence-electron chi connectivity index (χ2n) is 5.39. The summed E-state index contributed by atoms with van der Waals surface area (Å²) < 4.78 is 5.09. The van der Waals surface area contributed by atoms with E-state index in [0.717, 1.165) is 0 Å². The maximum Gasteiger partial charge on any atom is 0.183 e. The predicted octanol–water partition coefficient (Wildman–Crippen LogP) is -5.17. The van der Waals surface area contributed by atoms with Crippen LogP contribution in [0, 0.1) is 0 Å². The summed E-state index contributed by atoms with van der Waals surface area (Å²) in [5, 5.41) is 66.1. The highest BCUT2D eigenvalue weighted by molar-refractivity contribution is 5.89. The number of aliphatic hydroxyl groups excluding tert-OH is 7. The molecule has 0 aromatic heterocycles. The zero-order chi connectivity index (χ0) is 17.2. The van der Waals surface area contributed by atoms with Gasteiger partial charge in [0.15, 0.2) is 5.78 Å². The molecule has 1 saturated heterocycles. The fourth-order valence-corrected chi connectivity index (χ4v) is 2.19. The highest BCUT2D eigenvalue weighted by atomic mass is 16.5. The molecule has 1 fully saturated rings. The number of Topliss-reactive ketones (excluding diaryl/α,β-unsaturated/α-hetero) is 1. The number of hydrogen-bond donors (Lipinski definition) is 8. The Morgan fingerprint density at radius 2 is 1.64 bits per heavy atom. The van der Waals surface area contributed by atoms with Crippen molar-refractivity contribution in [2.45, 2.75) is 61.8 Å². The molecule has 0 bridgehead atoms. The standard InChI is InChI=1S/C12H23NO9/c1-3-6(16)10(20)11(21)12(22-3)9(19)5(13)8(18)7(17)4(15)2-14/h3-8,10-12,14-18,20-21H,2,13H2,1H3/t3-,4-,5-,6+,7+,8-,10+,11-,12?/m1/s1. The van der Waals surface area contributed by atoms with E-state index in [1.54, 1.807) is 0 Å². The summed E-state index contributed by atoms with van der Waals surface area (Å²) in [5.41, 5.74) is 5.49. The second-order valence-corrected chi connectivity index (χ2v) is 5.39. The van der Waals surface area contributed by atoms with Gasteiger partial charge in [0, 0.05) is 0 Å². The summed E-state index contributed by atoms with van der Waals surface area (Å²) in [7, 11) is 0. The van der Waals surface area contributed by atoms with Crippen molar-refractivity contribution in [2.24, 2.45) is 5.73 Å². The van der Waals surface area contributed by atoms with E-state index in [1.165, 1.54) is 6.92 Å². The van der Waals surface area contributed by atoms with Crippen LogP contribution in [0.1, 0.15) is 6.92 Å². The minimum absolute atomic E-state index is 0.858. The van der Waals surface area contributed by atoms with E-state index in [0.29, 0.717) is 0 Å². The van der Waals surface area contributed by atoms with Crippen LogP contribution in [0.2, 0.25) is 0 Å². The third-order valence-corrected chi connectivity index (χ3v) is 3.76. The van der Waals surface area contributed by atoms with Crippen LogP contribution < -0.4 is 5.73 Å². The molecule has 0 saturated carbocycles. The van der Waals surface area contributed by atoms with E-state index in [9.17, 15) is 35.4 Å². The molecular weight excluding hydrogens is 302 g/mol. The third kappa shape index (κ3) is 3.79. The van der Waals surface area contributed by atoms with Crippen LogP contribution in [0.25, 0.3) is 0 Å². The summed E-state index contributed by atoms with van der Waals surface area (Å²) in [4.78, 5) is 12.1. The first-order valence-corrected chi connectivity index (χ1v) is 6.77. The Balaban J connectivity index is 2.81. The summed E-state index contributed by atoms with van der Waals surface area (Å²) in [6.07, 6.45) is -12.9. The second kappa shape index (κ2) is 7.73. The molecular formula is C12H23NO9. The largest absolute Gasteiger partial charge is 0.394 e. The minimum Gasteiger partial charge on any atom is -0.394 e. The minimum atomic E-state index is -1.93. The molecule has 0 spiro atoms. The van der Waals surface area contributed by atoms with Crippen molar-refractivity contribution in [2.75, 3.05) is 6.61 Å². The lowest BCUT2D eigenvalue weighted by Gasteiger charge is -2.40. The zero-order valence-corrected chi connectivity index (χ0v) is 11.9. The number of carbonyl (C=O) groups excluding carboxylic acids is 1. The number of ketones is 1. The van der Waals surface area contributed by atoms with Crippen LogP contribution in [0.5, 0.6) is 0 Å². The molecule has 10 heteroatoms. The zero-order valence-electron chi connectivity index (χ0n) is 11.9. The lowest BCUT2D eigenvalue weighted by atomic mass is 9.88. The highest BCUT2D eigenvalue weighted by Crippen LogP contribution is 2.23. The van der Waals surface area contributed by atoms with Gasteiger partial charge in [-0.2, -0.15) is 0 Å². The molecule has 1 heterocycles. The SMILES string of the molecule is C[C@H]1OC(C(=O)[C@H](N)[C@@H](O)[C@@H](O)[C@H](O)CO)[C@H](O)[C@@H](O)[C@H]1O. The van der Waals surface area contributed by atoms with Crippen LogP contribution >= 0.6 is 0 Å². The predicted molar refractivity (Wildman–Crippen MR) is 70.4 cm³/mol. The maximum absolute atomic E-state index is 12.1. The van der Waals surface area contributed by atoms with Gasteiger partial charge in [0.1, 0.15) is 42.7 Å². The Morgan fingerprint density at radius 3 is 2.14 bits per heavy atom.